The quantitative estimate of drug-likeness (QED) is 0.445. The third kappa shape index (κ3) is 3.90. The van der Waals surface area contributed by atoms with Gasteiger partial charge in [0.15, 0.2) is 5.16 Å². The van der Waals surface area contributed by atoms with E-state index in [0.29, 0.717) is 27.1 Å². The maximum Gasteiger partial charge on any atom is 0.257 e. The minimum absolute atomic E-state index is 0.0876. The van der Waals surface area contributed by atoms with Crippen LogP contribution in [0.2, 0.25) is 5.02 Å². The molecule has 8 heteroatoms. The summed E-state index contributed by atoms with van der Waals surface area (Å²) in [6.07, 6.45) is 0.123. The number of anilines is 1. The van der Waals surface area contributed by atoms with Crippen LogP contribution < -0.4 is 10.9 Å². The van der Waals surface area contributed by atoms with Crippen molar-refractivity contribution in [1.82, 2.24) is 9.97 Å². The molecule has 0 unspecified atom stereocenters. The number of carbonyl (C=O) groups excluding carboxylic acids is 1. The summed E-state index contributed by atoms with van der Waals surface area (Å²) in [4.78, 5) is 32.2. The van der Waals surface area contributed by atoms with Crippen LogP contribution in [-0.4, -0.2) is 21.0 Å². The number of benzene rings is 2. The maximum atomic E-state index is 12.8. The highest BCUT2D eigenvalue weighted by molar-refractivity contribution is 7.98. The predicted octanol–water partition coefficient (Wildman–Crippen LogP) is 3.90. The first-order valence-corrected chi connectivity index (χ1v) is 9.96. The summed E-state index contributed by atoms with van der Waals surface area (Å²) in [5.74, 6) is 0.287. The zero-order chi connectivity index (χ0) is 19.7. The Morgan fingerprint density at radius 3 is 2.71 bits per heavy atom. The van der Waals surface area contributed by atoms with Crippen molar-refractivity contribution in [3.05, 3.63) is 80.6 Å². The number of rotatable bonds is 4. The Hall–Kier alpha value is -2.77. The van der Waals surface area contributed by atoms with Crippen LogP contribution in [-0.2, 0) is 10.5 Å². The van der Waals surface area contributed by atoms with Crippen molar-refractivity contribution in [2.75, 3.05) is 5.32 Å². The Morgan fingerprint density at radius 1 is 1.18 bits per heavy atom. The molecule has 1 amide bonds. The van der Waals surface area contributed by atoms with Crippen LogP contribution in [0.4, 0.5) is 5.82 Å². The summed E-state index contributed by atoms with van der Waals surface area (Å²) in [6.45, 7) is 0. The van der Waals surface area contributed by atoms with Gasteiger partial charge in [-0.2, -0.15) is 0 Å². The van der Waals surface area contributed by atoms with Gasteiger partial charge >= 0.3 is 0 Å². The molecule has 0 aliphatic carbocycles. The number of hydrogen-bond acceptors (Lipinski definition) is 5. The minimum atomic E-state index is -0.456. The van der Waals surface area contributed by atoms with Crippen molar-refractivity contribution in [2.24, 2.45) is 0 Å². The van der Waals surface area contributed by atoms with Crippen LogP contribution in [0.25, 0.3) is 0 Å². The zero-order valence-corrected chi connectivity index (χ0v) is 16.2. The number of amides is 1. The molecule has 142 valence electrons. The van der Waals surface area contributed by atoms with Crippen LogP contribution in [0, 0.1) is 0 Å². The highest BCUT2D eigenvalue weighted by Gasteiger charge is 2.31. The largest absolute Gasteiger partial charge is 0.508 e. The van der Waals surface area contributed by atoms with Gasteiger partial charge in [0.1, 0.15) is 11.6 Å². The molecule has 0 radical (unpaired) electrons. The third-order valence-corrected chi connectivity index (χ3v) is 5.69. The monoisotopic (exact) mass is 413 g/mol. The summed E-state index contributed by atoms with van der Waals surface area (Å²) in [7, 11) is 0. The number of aromatic nitrogens is 2. The number of carbonyl (C=O) groups is 1. The molecule has 1 aliphatic heterocycles. The molecule has 0 saturated heterocycles. The number of aromatic amines is 1. The molecule has 3 aromatic rings. The van der Waals surface area contributed by atoms with Gasteiger partial charge in [0.2, 0.25) is 5.91 Å². The minimum Gasteiger partial charge on any atom is -0.508 e. The van der Waals surface area contributed by atoms with E-state index in [4.69, 9.17) is 11.6 Å². The maximum absolute atomic E-state index is 12.8. The SMILES string of the molecule is O=C1C[C@H](c2cccc(O)c2)c2c(nc(SCc3ccc(Cl)cc3)[nH]c2=O)N1. The van der Waals surface area contributed by atoms with Crippen LogP contribution >= 0.6 is 23.4 Å². The van der Waals surface area contributed by atoms with Gasteiger partial charge in [-0.1, -0.05) is 47.6 Å². The highest BCUT2D eigenvalue weighted by Crippen LogP contribution is 2.35. The standard InChI is InChI=1S/C20H16ClN3O3S/c21-13-6-4-11(5-7-13)10-28-20-23-18-17(19(27)24-20)15(9-16(26)22-18)12-2-1-3-14(25)8-12/h1-8,15,25H,9-10H2,(H2,22,23,24,26,27)/t15-/m1/s1. The number of thioether (sulfide) groups is 1. The van der Waals surface area contributed by atoms with E-state index in [9.17, 15) is 14.7 Å². The smallest absolute Gasteiger partial charge is 0.257 e. The lowest BCUT2D eigenvalue weighted by Crippen LogP contribution is -2.31. The van der Waals surface area contributed by atoms with Crippen LogP contribution in [0.15, 0.2) is 58.5 Å². The summed E-state index contributed by atoms with van der Waals surface area (Å²) < 4.78 is 0. The van der Waals surface area contributed by atoms with E-state index in [0.717, 1.165) is 5.56 Å². The van der Waals surface area contributed by atoms with Crippen LogP contribution in [0.5, 0.6) is 5.75 Å². The molecule has 1 aromatic heterocycles. The lowest BCUT2D eigenvalue weighted by Gasteiger charge is -2.24. The molecule has 3 N–H and O–H groups in total. The number of nitrogens with zero attached hydrogens (tertiary/aromatic N) is 1. The van der Waals surface area contributed by atoms with Gasteiger partial charge in [0.25, 0.3) is 5.56 Å². The first-order valence-electron chi connectivity index (χ1n) is 8.60. The van der Waals surface area contributed by atoms with Crippen molar-refractivity contribution >= 4 is 35.1 Å². The molecule has 1 atom stereocenters. The van der Waals surface area contributed by atoms with E-state index >= 15 is 0 Å². The lowest BCUT2D eigenvalue weighted by atomic mass is 9.87. The molecule has 1 aliphatic rings. The van der Waals surface area contributed by atoms with E-state index in [2.05, 4.69) is 15.3 Å². The zero-order valence-electron chi connectivity index (χ0n) is 14.6. The molecule has 6 nitrogen and oxygen atoms in total. The average Bonchev–Trinajstić information content (AvgIpc) is 2.66. The van der Waals surface area contributed by atoms with Crippen LogP contribution in [0.3, 0.4) is 0 Å². The van der Waals surface area contributed by atoms with E-state index < -0.39 is 5.92 Å². The van der Waals surface area contributed by atoms with Gasteiger partial charge in [-0.3, -0.25) is 9.59 Å². The van der Waals surface area contributed by atoms with Gasteiger partial charge in [-0.25, -0.2) is 4.98 Å². The molecule has 28 heavy (non-hydrogen) atoms. The first kappa shape index (κ1) is 18.6. The Morgan fingerprint density at radius 2 is 1.96 bits per heavy atom. The Labute approximate surface area is 170 Å². The topological polar surface area (TPSA) is 95.1 Å². The number of H-pyrrole nitrogens is 1. The number of aromatic hydroxyl groups is 1. The average molecular weight is 414 g/mol. The van der Waals surface area contributed by atoms with Gasteiger partial charge in [-0.15, -0.1) is 0 Å². The van der Waals surface area contributed by atoms with Crippen molar-refractivity contribution in [3.8, 4) is 5.75 Å². The van der Waals surface area contributed by atoms with E-state index in [1.807, 2.05) is 12.1 Å². The fourth-order valence-corrected chi connectivity index (χ4v) is 4.12. The van der Waals surface area contributed by atoms with E-state index in [1.165, 1.54) is 11.8 Å². The molecule has 4 rings (SSSR count). The number of halogens is 1. The fraction of sp³-hybridized carbons (Fsp3) is 0.150. The number of phenolic OH excluding ortho intramolecular Hbond substituents is 1. The highest BCUT2D eigenvalue weighted by atomic mass is 35.5. The molecular weight excluding hydrogens is 398 g/mol. The van der Waals surface area contributed by atoms with Crippen molar-refractivity contribution in [3.63, 3.8) is 0 Å². The third-order valence-electron chi connectivity index (χ3n) is 4.49. The van der Waals surface area contributed by atoms with E-state index in [1.54, 1.807) is 36.4 Å². The summed E-state index contributed by atoms with van der Waals surface area (Å²) >= 11 is 7.26. The number of fused-ring (bicyclic) bond motifs is 1. The molecule has 2 aromatic carbocycles. The predicted molar refractivity (Wildman–Crippen MR) is 109 cm³/mol. The fourth-order valence-electron chi connectivity index (χ4n) is 3.18. The molecule has 0 fully saturated rings. The Bertz CT molecular complexity index is 1100. The van der Waals surface area contributed by atoms with Crippen LogP contribution in [0.1, 0.15) is 29.0 Å². The number of phenols is 1. The Balaban J connectivity index is 1.65. The van der Waals surface area contributed by atoms with Crippen molar-refractivity contribution in [1.29, 1.82) is 0 Å². The molecule has 0 spiro atoms. The van der Waals surface area contributed by atoms with Crippen molar-refractivity contribution < 1.29 is 9.90 Å². The summed E-state index contributed by atoms with van der Waals surface area (Å²) in [6, 6.07) is 14.0. The van der Waals surface area contributed by atoms with Gasteiger partial charge in [0.05, 0.1) is 5.56 Å². The number of hydrogen-bond donors (Lipinski definition) is 3. The second kappa shape index (κ2) is 7.69. The summed E-state index contributed by atoms with van der Waals surface area (Å²) in [5, 5.41) is 13.5. The van der Waals surface area contributed by atoms with Gasteiger partial charge in [0, 0.05) is 23.1 Å². The van der Waals surface area contributed by atoms with Gasteiger partial charge < -0.3 is 15.4 Å². The van der Waals surface area contributed by atoms with Crippen molar-refractivity contribution in [2.45, 2.75) is 23.2 Å². The molecule has 0 saturated carbocycles. The molecule has 0 bridgehead atoms. The van der Waals surface area contributed by atoms with Gasteiger partial charge in [-0.05, 0) is 35.4 Å². The Kier molecular flexibility index (Phi) is 5.11. The van der Waals surface area contributed by atoms with E-state index in [-0.39, 0.29) is 29.5 Å². The second-order valence-corrected chi connectivity index (χ2v) is 7.85. The lowest BCUT2D eigenvalue weighted by molar-refractivity contribution is -0.116. The number of nitrogens with one attached hydrogen (secondary N) is 2. The first-order chi connectivity index (χ1) is 13.5. The summed E-state index contributed by atoms with van der Waals surface area (Å²) in [5.41, 5.74) is 1.85. The molecular formula is C20H16ClN3O3S. The molecule has 2 heterocycles. The second-order valence-electron chi connectivity index (χ2n) is 6.45. The normalized spacial score (nSPS) is 15.8.